The molecule has 0 aliphatic carbocycles. The summed E-state index contributed by atoms with van der Waals surface area (Å²) in [6, 6.07) is 12.2. The van der Waals surface area contributed by atoms with E-state index in [0.29, 0.717) is 46.4 Å². The topological polar surface area (TPSA) is 110 Å². The Kier molecular flexibility index (Phi) is 6.31. The molecule has 0 aliphatic rings. The van der Waals surface area contributed by atoms with E-state index in [1.54, 1.807) is 49.4 Å². The van der Waals surface area contributed by atoms with Crippen molar-refractivity contribution in [1.82, 2.24) is 10.5 Å². The van der Waals surface area contributed by atoms with Gasteiger partial charge in [-0.25, -0.2) is 0 Å². The van der Waals surface area contributed by atoms with Crippen molar-refractivity contribution in [1.29, 1.82) is 0 Å². The van der Waals surface area contributed by atoms with Gasteiger partial charge in [-0.1, -0.05) is 41.0 Å². The molecule has 3 aromatic rings. The molecule has 0 unspecified atom stereocenters. The van der Waals surface area contributed by atoms with Gasteiger partial charge >= 0.3 is 0 Å². The van der Waals surface area contributed by atoms with Crippen molar-refractivity contribution in [2.24, 2.45) is 5.73 Å². The standard InChI is InChI=1S/C21H21ClN4O3/c1-12-7-8-14(20(27)24-10-9-23)11-17(12)25-21(28)18-13(2)29-26-19(18)15-5-3-4-6-16(15)22/h3-8,11H,9-10,23H2,1-2H3,(H,24,27)(H,25,28). The molecule has 0 saturated heterocycles. The van der Waals surface area contributed by atoms with E-state index in [9.17, 15) is 9.59 Å². The molecule has 8 heteroatoms. The maximum absolute atomic E-state index is 13.0. The second-order valence-corrected chi connectivity index (χ2v) is 6.88. The normalized spacial score (nSPS) is 10.6. The van der Waals surface area contributed by atoms with Crippen LogP contribution in [-0.2, 0) is 0 Å². The Bertz CT molecular complexity index is 1060. The van der Waals surface area contributed by atoms with Crippen LogP contribution in [-0.4, -0.2) is 30.1 Å². The molecule has 2 amide bonds. The number of hydrogen-bond donors (Lipinski definition) is 3. The van der Waals surface area contributed by atoms with Crippen molar-refractivity contribution in [3.8, 4) is 11.3 Å². The minimum absolute atomic E-state index is 0.260. The van der Waals surface area contributed by atoms with Crippen LogP contribution >= 0.6 is 11.6 Å². The van der Waals surface area contributed by atoms with Crippen LogP contribution in [0.25, 0.3) is 11.3 Å². The molecule has 7 nitrogen and oxygen atoms in total. The molecule has 4 N–H and O–H groups in total. The average Bonchev–Trinajstić information content (AvgIpc) is 3.09. The minimum Gasteiger partial charge on any atom is -0.360 e. The highest BCUT2D eigenvalue weighted by atomic mass is 35.5. The van der Waals surface area contributed by atoms with E-state index >= 15 is 0 Å². The van der Waals surface area contributed by atoms with Gasteiger partial charge in [-0.2, -0.15) is 0 Å². The lowest BCUT2D eigenvalue weighted by atomic mass is 10.0. The fourth-order valence-electron chi connectivity index (χ4n) is 2.85. The number of benzene rings is 2. The summed E-state index contributed by atoms with van der Waals surface area (Å²) in [5.41, 5.74) is 8.41. The number of aromatic nitrogens is 1. The summed E-state index contributed by atoms with van der Waals surface area (Å²) in [5, 5.41) is 10.0. The van der Waals surface area contributed by atoms with Crippen LogP contribution in [0.2, 0.25) is 5.02 Å². The largest absolute Gasteiger partial charge is 0.360 e. The Morgan fingerprint density at radius 2 is 1.90 bits per heavy atom. The number of nitrogens with one attached hydrogen (secondary N) is 2. The van der Waals surface area contributed by atoms with Gasteiger partial charge in [-0.15, -0.1) is 0 Å². The highest BCUT2D eigenvalue weighted by Gasteiger charge is 2.23. The molecular formula is C21H21ClN4O3. The van der Waals surface area contributed by atoms with Gasteiger partial charge in [0.05, 0.1) is 5.02 Å². The number of rotatable bonds is 6. The monoisotopic (exact) mass is 412 g/mol. The zero-order valence-electron chi connectivity index (χ0n) is 16.1. The Hall–Kier alpha value is -3.16. The molecule has 0 atom stereocenters. The van der Waals surface area contributed by atoms with Crippen LogP contribution in [0.15, 0.2) is 47.0 Å². The maximum atomic E-state index is 13.0. The first kappa shape index (κ1) is 20.6. The predicted molar refractivity (Wildman–Crippen MR) is 112 cm³/mol. The van der Waals surface area contributed by atoms with Crippen molar-refractivity contribution < 1.29 is 14.1 Å². The van der Waals surface area contributed by atoms with Crippen LogP contribution in [0.5, 0.6) is 0 Å². The van der Waals surface area contributed by atoms with E-state index < -0.39 is 5.91 Å². The number of hydrogen-bond acceptors (Lipinski definition) is 5. The summed E-state index contributed by atoms with van der Waals surface area (Å²) in [4.78, 5) is 25.2. The Morgan fingerprint density at radius 1 is 1.14 bits per heavy atom. The van der Waals surface area contributed by atoms with Crippen molar-refractivity contribution in [3.05, 3.63) is 69.9 Å². The lowest BCUT2D eigenvalue weighted by molar-refractivity contribution is 0.0953. The zero-order chi connectivity index (χ0) is 21.0. The zero-order valence-corrected chi connectivity index (χ0v) is 16.8. The third-order valence-electron chi connectivity index (χ3n) is 4.40. The first-order chi connectivity index (χ1) is 13.9. The van der Waals surface area contributed by atoms with Crippen molar-refractivity contribution >= 4 is 29.1 Å². The summed E-state index contributed by atoms with van der Waals surface area (Å²) >= 11 is 6.26. The number of nitrogens with two attached hydrogens (primary N) is 1. The predicted octanol–water partition coefficient (Wildman–Crippen LogP) is 3.55. The van der Waals surface area contributed by atoms with Gasteiger partial charge in [0.15, 0.2) is 0 Å². The van der Waals surface area contributed by atoms with Crippen molar-refractivity contribution in [3.63, 3.8) is 0 Å². The maximum Gasteiger partial charge on any atom is 0.261 e. The highest BCUT2D eigenvalue weighted by molar-refractivity contribution is 6.33. The molecule has 0 radical (unpaired) electrons. The summed E-state index contributed by atoms with van der Waals surface area (Å²) in [7, 11) is 0. The van der Waals surface area contributed by atoms with E-state index in [4.69, 9.17) is 21.9 Å². The van der Waals surface area contributed by atoms with Crippen LogP contribution in [0.1, 0.15) is 32.0 Å². The fraction of sp³-hybridized carbons (Fsp3) is 0.190. The summed E-state index contributed by atoms with van der Waals surface area (Å²) in [5.74, 6) is -0.294. The van der Waals surface area contributed by atoms with Crippen LogP contribution < -0.4 is 16.4 Å². The van der Waals surface area contributed by atoms with Crippen molar-refractivity contribution in [2.75, 3.05) is 18.4 Å². The molecule has 0 spiro atoms. The second kappa shape index (κ2) is 8.89. The van der Waals surface area contributed by atoms with Gasteiger partial charge in [-0.3, -0.25) is 9.59 Å². The van der Waals surface area contributed by atoms with Gasteiger partial charge < -0.3 is 20.9 Å². The van der Waals surface area contributed by atoms with Gasteiger partial charge in [-0.05, 0) is 37.6 Å². The molecule has 3 rings (SSSR count). The first-order valence-corrected chi connectivity index (χ1v) is 9.41. The smallest absolute Gasteiger partial charge is 0.261 e. The van der Waals surface area contributed by atoms with E-state index in [1.165, 1.54) is 0 Å². The molecule has 0 fully saturated rings. The third kappa shape index (κ3) is 4.47. The van der Waals surface area contributed by atoms with E-state index in [-0.39, 0.29) is 11.5 Å². The molecule has 1 aromatic heterocycles. The van der Waals surface area contributed by atoms with Crippen LogP contribution in [0.4, 0.5) is 5.69 Å². The SMILES string of the molecule is Cc1ccc(C(=O)NCCN)cc1NC(=O)c1c(-c2ccccc2Cl)noc1C. The molecule has 150 valence electrons. The van der Waals surface area contributed by atoms with Crippen molar-refractivity contribution in [2.45, 2.75) is 13.8 Å². The lowest BCUT2D eigenvalue weighted by Crippen LogP contribution is -2.29. The molecule has 1 heterocycles. The minimum atomic E-state index is -0.402. The summed E-state index contributed by atoms with van der Waals surface area (Å²) < 4.78 is 5.25. The molecule has 0 aliphatic heterocycles. The number of carbonyl (C=O) groups is 2. The second-order valence-electron chi connectivity index (χ2n) is 6.47. The summed E-state index contributed by atoms with van der Waals surface area (Å²) in [6.07, 6.45) is 0. The van der Waals surface area contributed by atoms with E-state index in [0.717, 1.165) is 5.56 Å². The Morgan fingerprint density at radius 3 is 2.62 bits per heavy atom. The average molecular weight is 413 g/mol. The van der Waals surface area contributed by atoms with E-state index in [1.807, 2.05) is 6.92 Å². The number of nitrogens with zero attached hydrogens (tertiary/aromatic N) is 1. The third-order valence-corrected chi connectivity index (χ3v) is 4.73. The van der Waals surface area contributed by atoms with Gasteiger partial charge in [0, 0.05) is 29.9 Å². The fourth-order valence-corrected chi connectivity index (χ4v) is 3.07. The molecule has 0 saturated carbocycles. The van der Waals surface area contributed by atoms with Gasteiger partial charge in [0.1, 0.15) is 17.0 Å². The Labute approximate surface area is 173 Å². The van der Waals surface area contributed by atoms with Crippen LogP contribution in [0.3, 0.4) is 0 Å². The first-order valence-electron chi connectivity index (χ1n) is 9.03. The van der Waals surface area contributed by atoms with Gasteiger partial charge in [0.2, 0.25) is 0 Å². The van der Waals surface area contributed by atoms with Gasteiger partial charge in [0.25, 0.3) is 11.8 Å². The highest BCUT2D eigenvalue weighted by Crippen LogP contribution is 2.31. The molecule has 2 aromatic carbocycles. The number of anilines is 1. The Balaban J connectivity index is 1.91. The van der Waals surface area contributed by atoms with E-state index in [2.05, 4.69) is 15.8 Å². The quantitative estimate of drug-likeness (QED) is 0.573. The van der Waals surface area contributed by atoms with Crippen LogP contribution in [0, 0.1) is 13.8 Å². The molecule has 0 bridgehead atoms. The molecule has 29 heavy (non-hydrogen) atoms. The number of carbonyl (C=O) groups excluding carboxylic acids is 2. The number of amides is 2. The molecular weight excluding hydrogens is 392 g/mol. The lowest BCUT2D eigenvalue weighted by Gasteiger charge is -2.11. The number of halogens is 1. The summed E-state index contributed by atoms with van der Waals surface area (Å²) in [6.45, 7) is 4.21. The number of aryl methyl sites for hydroxylation is 2.